The topological polar surface area (TPSA) is 83.9 Å². The monoisotopic (exact) mass is 355 g/mol. The number of likely N-dealkylation sites (tertiary alicyclic amines) is 1. The number of amides is 1. The summed E-state index contributed by atoms with van der Waals surface area (Å²) in [6.45, 7) is 0.891. The van der Waals surface area contributed by atoms with Crippen LogP contribution in [-0.4, -0.2) is 43.9 Å². The molecule has 0 aliphatic carbocycles. The fourth-order valence-electron chi connectivity index (χ4n) is 2.79. The van der Waals surface area contributed by atoms with E-state index < -0.39 is 0 Å². The van der Waals surface area contributed by atoms with E-state index in [1.54, 1.807) is 29.3 Å². The lowest BCUT2D eigenvalue weighted by atomic mass is 10.1. The van der Waals surface area contributed by atoms with Crippen molar-refractivity contribution in [3.63, 3.8) is 0 Å². The third-order valence-electron chi connectivity index (χ3n) is 4.21. The van der Waals surface area contributed by atoms with Gasteiger partial charge in [-0.3, -0.25) is 14.7 Å². The summed E-state index contributed by atoms with van der Waals surface area (Å²) in [4.78, 5) is 26.0. The van der Waals surface area contributed by atoms with Crippen LogP contribution in [0, 0.1) is 0 Å². The van der Waals surface area contributed by atoms with E-state index in [0.29, 0.717) is 29.4 Å². The van der Waals surface area contributed by atoms with Gasteiger partial charge in [0.15, 0.2) is 0 Å². The fourth-order valence-corrected chi connectivity index (χ4v) is 2.91. The van der Waals surface area contributed by atoms with E-state index >= 15 is 0 Å². The number of hydrogen-bond donors (Lipinski definition) is 1. The number of halogens is 1. The molecule has 1 aromatic carbocycles. The average molecular weight is 356 g/mol. The molecule has 1 fully saturated rings. The first-order valence-electron chi connectivity index (χ1n) is 7.76. The molecule has 0 saturated carbocycles. The van der Waals surface area contributed by atoms with Gasteiger partial charge in [-0.2, -0.15) is 10.2 Å². The van der Waals surface area contributed by atoms with Crippen molar-refractivity contribution in [2.45, 2.75) is 6.04 Å². The fraction of sp³-hybridized carbons (Fsp3) is 0.176. The Hall–Kier alpha value is -2.93. The summed E-state index contributed by atoms with van der Waals surface area (Å²) < 4.78 is 1.45. The van der Waals surface area contributed by atoms with Crippen LogP contribution in [0.4, 0.5) is 0 Å². The minimum atomic E-state index is -0.182. The number of aromatic nitrogens is 4. The van der Waals surface area contributed by atoms with Crippen molar-refractivity contribution >= 4 is 17.5 Å². The van der Waals surface area contributed by atoms with Gasteiger partial charge in [-0.15, -0.1) is 0 Å². The summed E-state index contributed by atoms with van der Waals surface area (Å²) in [7, 11) is 0. The Bertz CT molecular complexity index is 959. The van der Waals surface area contributed by atoms with Crippen molar-refractivity contribution in [3.8, 4) is 11.3 Å². The number of nitrogens with one attached hydrogen (secondary N) is 1. The standard InChI is InChI=1S/C17H14ClN5O2/c18-13-3-1-11(2-4-13)15-5-6-16(24)23(21-15)14-9-22(10-14)17(25)12-7-19-20-8-12/h1-8,14H,9-10H2,(H,19,20). The number of nitrogens with zero attached hydrogens (tertiary/aromatic N) is 4. The molecule has 3 heterocycles. The van der Waals surface area contributed by atoms with Crippen LogP contribution >= 0.6 is 11.6 Å². The molecule has 8 heteroatoms. The zero-order valence-electron chi connectivity index (χ0n) is 13.1. The molecule has 0 bridgehead atoms. The van der Waals surface area contributed by atoms with Crippen molar-refractivity contribution in [1.29, 1.82) is 0 Å². The molecule has 4 rings (SSSR count). The van der Waals surface area contributed by atoms with Gasteiger partial charge < -0.3 is 4.90 Å². The van der Waals surface area contributed by atoms with Crippen LogP contribution in [0.15, 0.2) is 53.6 Å². The van der Waals surface area contributed by atoms with Gasteiger partial charge in [0.1, 0.15) is 0 Å². The van der Waals surface area contributed by atoms with E-state index in [4.69, 9.17) is 11.6 Å². The molecule has 0 unspecified atom stereocenters. The molecule has 0 spiro atoms. The number of rotatable bonds is 3. The maximum Gasteiger partial charge on any atom is 0.267 e. The molecular formula is C17H14ClN5O2. The molecule has 0 atom stereocenters. The van der Waals surface area contributed by atoms with E-state index in [1.807, 2.05) is 12.1 Å². The summed E-state index contributed by atoms with van der Waals surface area (Å²) >= 11 is 5.91. The van der Waals surface area contributed by atoms with Crippen molar-refractivity contribution in [2.24, 2.45) is 0 Å². The second-order valence-electron chi connectivity index (χ2n) is 5.86. The zero-order chi connectivity index (χ0) is 17.4. The third-order valence-corrected chi connectivity index (χ3v) is 4.46. The minimum absolute atomic E-state index is 0.105. The molecule has 1 aliphatic heterocycles. The van der Waals surface area contributed by atoms with Crippen LogP contribution in [0.5, 0.6) is 0 Å². The van der Waals surface area contributed by atoms with Gasteiger partial charge in [-0.05, 0) is 18.2 Å². The largest absolute Gasteiger partial charge is 0.334 e. The maximum absolute atomic E-state index is 12.2. The van der Waals surface area contributed by atoms with E-state index in [9.17, 15) is 9.59 Å². The van der Waals surface area contributed by atoms with Gasteiger partial charge in [0.05, 0.1) is 23.5 Å². The minimum Gasteiger partial charge on any atom is -0.334 e. The van der Waals surface area contributed by atoms with E-state index in [2.05, 4.69) is 15.3 Å². The van der Waals surface area contributed by atoms with Gasteiger partial charge in [-0.25, -0.2) is 4.68 Å². The number of carbonyl (C=O) groups excluding carboxylic acids is 1. The van der Waals surface area contributed by atoms with Crippen LogP contribution in [0.25, 0.3) is 11.3 Å². The maximum atomic E-state index is 12.2. The van der Waals surface area contributed by atoms with Crippen LogP contribution < -0.4 is 5.56 Å². The van der Waals surface area contributed by atoms with Crippen molar-refractivity contribution in [2.75, 3.05) is 13.1 Å². The number of benzene rings is 1. The summed E-state index contributed by atoms with van der Waals surface area (Å²) in [5.41, 5.74) is 1.89. The van der Waals surface area contributed by atoms with Gasteiger partial charge >= 0.3 is 0 Å². The Kier molecular flexibility index (Phi) is 3.85. The van der Waals surface area contributed by atoms with Gasteiger partial charge in [0.2, 0.25) is 0 Å². The normalized spacial score (nSPS) is 14.4. The second-order valence-corrected chi connectivity index (χ2v) is 6.30. The van der Waals surface area contributed by atoms with Gasteiger partial charge in [-0.1, -0.05) is 23.7 Å². The van der Waals surface area contributed by atoms with E-state index in [1.165, 1.54) is 16.9 Å². The lowest BCUT2D eigenvalue weighted by Gasteiger charge is -2.39. The first-order valence-corrected chi connectivity index (χ1v) is 8.13. The van der Waals surface area contributed by atoms with Crippen molar-refractivity contribution in [1.82, 2.24) is 24.9 Å². The average Bonchev–Trinajstić information content (AvgIpc) is 3.10. The molecule has 2 aromatic heterocycles. The predicted octanol–water partition coefficient (Wildman–Crippen LogP) is 1.98. The molecule has 1 aliphatic rings. The number of aromatic amines is 1. The SMILES string of the molecule is O=C(c1cn[nH]c1)N1CC(n2nc(-c3ccc(Cl)cc3)ccc2=O)C1. The molecule has 7 nitrogen and oxygen atoms in total. The Balaban J connectivity index is 1.54. The van der Waals surface area contributed by atoms with E-state index in [-0.39, 0.29) is 17.5 Å². The smallest absolute Gasteiger partial charge is 0.267 e. The first kappa shape index (κ1) is 15.6. The molecule has 1 amide bonds. The van der Waals surface area contributed by atoms with Crippen LogP contribution in [0.3, 0.4) is 0 Å². The van der Waals surface area contributed by atoms with Crippen molar-refractivity contribution < 1.29 is 4.79 Å². The lowest BCUT2D eigenvalue weighted by Crippen LogP contribution is -2.53. The Morgan fingerprint density at radius 3 is 2.60 bits per heavy atom. The van der Waals surface area contributed by atoms with Crippen LogP contribution in [0.2, 0.25) is 5.02 Å². The molecule has 25 heavy (non-hydrogen) atoms. The molecule has 0 radical (unpaired) electrons. The first-order chi connectivity index (χ1) is 12.1. The highest BCUT2D eigenvalue weighted by atomic mass is 35.5. The Labute approximate surface area is 147 Å². The zero-order valence-corrected chi connectivity index (χ0v) is 13.8. The lowest BCUT2D eigenvalue weighted by molar-refractivity contribution is 0.0493. The quantitative estimate of drug-likeness (QED) is 0.778. The molecular weight excluding hydrogens is 342 g/mol. The molecule has 1 saturated heterocycles. The highest BCUT2D eigenvalue weighted by Crippen LogP contribution is 2.23. The number of H-pyrrole nitrogens is 1. The molecule has 3 aromatic rings. The second kappa shape index (κ2) is 6.18. The summed E-state index contributed by atoms with van der Waals surface area (Å²) in [5, 5.41) is 11.5. The number of carbonyl (C=O) groups is 1. The Morgan fingerprint density at radius 1 is 1.16 bits per heavy atom. The highest BCUT2D eigenvalue weighted by molar-refractivity contribution is 6.30. The van der Waals surface area contributed by atoms with Gasteiger partial charge in [0, 0.05) is 35.9 Å². The number of hydrogen-bond acceptors (Lipinski definition) is 4. The molecule has 126 valence electrons. The Morgan fingerprint density at radius 2 is 1.92 bits per heavy atom. The third kappa shape index (κ3) is 2.94. The summed E-state index contributed by atoms with van der Waals surface area (Å²) in [6.07, 6.45) is 3.04. The van der Waals surface area contributed by atoms with Crippen molar-refractivity contribution in [3.05, 3.63) is 69.7 Å². The molecule has 1 N–H and O–H groups in total. The predicted molar refractivity (Wildman–Crippen MR) is 92.5 cm³/mol. The van der Waals surface area contributed by atoms with Crippen LogP contribution in [-0.2, 0) is 0 Å². The van der Waals surface area contributed by atoms with E-state index in [0.717, 1.165) is 5.56 Å². The highest BCUT2D eigenvalue weighted by Gasteiger charge is 2.34. The summed E-state index contributed by atoms with van der Waals surface area (Å²) in [6, 6.07) is 10.3. The summed E-state index contributed by atoms with van der Waals surface area (Å²) in [5.74, 6) is -0.105. The van der Waals surface area contributed by atoms with Crippen LogP contribution in [0.1, 0.15) is 16.4 Å². The van der Waals surface area contributed by atoms with Gasteiger partial charge in [0.25, 0.3) is 11.5 Å².